The summed E-state index contributed by atoms with van der Waals surface area (Å²) in [5.41, 5.74) is 6.01. The van der Waals surface area contributed by atoms with E-state index in [-0.39, 0.29) is 5.56 Å². The Morgan fingerprint density at radius 3 is 2.54 bits per heavy atom. The Hall–Kier alpha value is -1.52. The summed E-state index contributed by atoms with van der Waals surface area (Å²) in [6, 6.07) is 0. The van der Waals surface area contributed by atoms with Crippen LogP contribution >= 0.6 is 0 Å². The van der Waals surface area contributed by atoms with Crippen LogP contribution in [0.15, 0.2) is 4.79 Å². The number of anilines is 2. The van der Waals surface area contributed by atoms with Crippen LogP contribution in [0, 0.1) is 0 Å². The Morgan fingerprint density at radius 2 is 2.15 bits per heavy atom. The summed E-state index contributed by atoms with van der Waals surface area (Å²) in [6.07, 6.45) is 0.599. The number of hydrogen-bond donors (Lipinski definition) is 2. The van der Waals surface area contributed by atoms with Crippen molar-refractivity contribution >= 4 is 11.8 Å². The number of H-pyrrole nitrogens is 1. The second-order valence-electron chi connectivity index (χ2n) is 3.00. The van der Waals surface area contributed by atoms with Gasteiger partial charge in [-0.3, -0.25) is 9.78 Å². The predicted octanol–water partition coefficient (Wildman–Crippen LogP) is -0.0195. The Labute approximate surface area is 76.6 Å². The van der Waals surface area contributed by atoms with Crippen LogP contribution in [0.2, 0.25) is 0 Å². The average Bonchev–Trinajstić information content (AvgIpc) is 2.03. The molecule has 0 aliphatic carbocycles. The zero-order valence-electron chi connectivity index (χ0n) is 8.09. The smallest absolute Gasteiger partial charge is 0.257 e. The van der Waals surface area contributed by atoms with Gasteiger partial charge in [0, 0.05) is 14.1 Å². The van der Waals surface area contributed by atoms with E-state index in [0.29, 0.717) is 23.8 Å². The molecule has 0 fully saturated rings. The minimum Gasteiger partial charge on any atom is -0.383 e. The molecule has 0 aliphatic heterocycles. The van der Waals surface area contributed by atoms with Gasteiger partial charge in [-0.15, -0.1) is 0 Å². The summed E-state index contributed by atoms with van der Waals surface area (Å²) in [5, 5.41) is 0. The van der Waals surface area contributed by atoms with Crippen LogP contribution in [-0.4, -0.2) is 24.1 Å². The number of nitrogens with zero attached hydrogens (tertiary/aromatic N) is 2. The van der Waals surface area contributed by atoms with Crippen molar-refractivity contribution in [3.8, 4) is 0 Å². The quantitative estimate of drug-likeness (QED) is 0.674. The summed E-state index contributed by atoms with van der Waals surface area (Å²) in [5.74, 6) is 0.801. The van der Waals surface area contributed by atoms with Gasteiger partial charge in [-0.1, -0.05) is 6.92 Å². The summed E-state index contributed by atoms with van der Waals surface area (Å²) in [6.45, 7) is 1.87. The second kappa shape index (κ2) is 3.47. The van der Waals surface area contributed by atoms with Gasteiger partial charge in [0.2, 0.25) is 5.95 Å². The fourth-order valence-corrected chi connectivity index (χ4v) is 1.06. The molecule has 0 amide bonds. The van der Waals surface area contributed by atoms with E-state index in [1.54, 1.807) is 19.0 Å². The monoisotopic (exact) mass is 182 g/mol. The molecule has 13 heavy (non-hydrogen) atoms. The van der Waals surface area contributed by atoms with E-state index in [2.05, 4.69) is 9.97 Å². The minimum absolute atomic E-state index is 0.154. The molecular formula is C8H14N4O. The third-order valence-electron chi connectivity index (χ3n) is 1.81. The summed E-state index contributed by atoms with van der Waals surface area (Å²) >= 11 is 0. The molecule has 0 atom stereocenters. The fourth-order valence-electron chi connectivity index (χ4n) is 1.06. The van der Waals surface area contributed by atoms with Crippen LogP contribution < -0.4 is 16.2 Å². The van der Waals surface area contributed by atoms with Crippen molar-refractivity contribution in [1.29, 1.82) is 0 Å². The van der Waals surface area contributed by atoms with Crippen molar-refractivity contribution in [2.45, 2.75) is 13.3 Å². The van der Waals surface area contributed by atoms with E-state index in [4.69, 9.17) is 5.73 Å². The number of hydrogen-bond acceptors (Lipinski definition) is 4. The van der Waals surface area contributed by atoms with Gasteiger partial charge in [0.1, 0.15) is 5.82 Å². The van der Waals surface area contributed by atoms with E-state index >= 15 is 0 Å². The molecule has 1 heterocycles. The normalized spacial score (nSPS) is 10.1. The lowest BCUT2D eigenvalue weighted by Gasteiger charge is -2.11. The van der Waals surface area contributed by atoms with Crippen molar-refractivity contribution in [3.05, 3.63) is 15.9 Å². The second-order valence-corrected chi connectivity index (χ2v) is 3.00. The Kier molecular flexibility index (Phi) is 2.55. The molecule has 1 aromatic heterocycles. The van der Waals surface area contributed by atoms with Gasteiger partial charge in [-0.2, -0.15) is 4.98 Å². The Balaban J connectivity index is 3.29. The number of rotatable bonds is 2. The highest BCUT2D eigenvalue weighted by atomic mass is 16.1. The van der Waals surface area contributed by atoms with Gasteiger partial charge >= 0.3 is 0 Å². The van der Waals surface area contributed by atoms with Crippen LogP contribution in [0.3, 0.4) is 0 Å². The van der Waals surface area contributed by atoms with Crippen LogP contribution in [0.5, 0.6) is 0 Å². The Morgan fingerprint density at radius 1 is 1.54 bits per heavy atom. The van der Waals surface area contributed by atoms with Crippen molar-refractivity contribution < 1.29 is 0 Å². The highest BCUT2D eigenvalue weighted by molar-refractivity contribution is 5.43. The first-order valence-electron chi connectivity index (χ1n) is 4.12. The largest absolute Gasteiger partial charge is 0.383 e. The van der Waals surface area contributed by atoms with Gasteiger partial charge in [0.15, 0.2) is 0 Å². The van der Waals surface area contributed by atoms with Crippen LogP contribution in [-0.2, 0) is 6.42 Å². The molecule has 0 saturated carbocycles. The molecule has 5 heteroatoms. The van der Waals surface area contributed by atoms with Gasteiger partial charge in [-0.05, 0) is 6.42 Å². The minimum atomic E-state index is -0.154. The zero-order valence-corrected chi connectivity index (χ0v) is 8.09. The maximum atomic E-state index is 11.4. The molecule has 0 bridgehead atoms. The first-order valence-corrected chi connectivity index (χ1v) is 4.12. The fraction of sp³-hybridized carbons (Fsp3) is 0.500. The van der Waals surface area contributed by atoms with Crippen molar-refractivity contribution in [3.63, 3.8) is 0 Å². The van der Waals surface area contributed by atoms with Crippen molar-refractivity contribution in [2.24, 2.45) is 0 Å². The molecule has 0 aromatic carbocycles. The maximum absolute atomic E-state index is 11.4. The highest BCUT2D eigenvalue weighted by Crippen LogP contribution is 2.07. The van der Waals surface area contributed by atoms with Gasteiger partial charge in [-0.25, -0.2) is 0 Å². The number of nitrogen functional groups attached to an aromatic ring is 1. The van der Waals surface area contributed by atoms with Gasteiger partial charge in [0.25, 0.3) is 5.56 Å². The molecule has 0 spiro atoms. The molecule has 1 rings (SSSR count). The third kappa shape index (κ3) is 1.80. The van der Waals surface area contributed by atoms with Crippen LogP contribution in [0.1, 0.15) is 12.5 Å². The van der Waals surface area contributed by atoms with Crippen molar-refractivity contribution in [1.82, 2.24) is 9.97 Å². The number of nitrogens with one attached hydrogen (secondary N) is 1. The summed E-state index contributed by atoms with van der Waals surface area (Å²) in [4.78, 5) is 19.8. The molecule has 72 valence electrons. The zero-order chi connectivity index (χ0) is 10.0. The van der Waals surface area contributed by atoms with Crippen molar-refractivity contribution in [2.75, 3.05) is 24.7 Å². The van der Waals surface area contributed by atoms with E-state index < -0.39 is 0 Å². The molecule has 3 N–H and O–H groups in total. The van der Waals surface area contributed by atoms with Crippen LogP contribution in [0.4, 0.5) is 11.8 Å². The van der Waals surface area contributed by atoms with Crippen LogP contribution in [0.25, 0.3) is 0 Å². The number of aromatic amines is 1. The first-order chi connectivity index (χ1) is 6.06. The predicted molar refractivity (Wildman–Crippen MR) is 53.0 cm³/mol. The Bertz CT molecular complexity index is 356. The SMILES string of the molecule is CCc1c(N)nc(N(C)C)[nH]c1=O. The van der Waals surface area contributed by atoms with Gasteiger partial charge < -0.3 is 10.6 Å². The maximum Gasteiger partial charge on any atom is 0.257 e. The summed E-state index contributed by atoms with van der Waals surface area (Å²) in [7, 11) is 3.59. The molecule has 0 aliphatic rings. The highest BCUT2D eigenvalue weighted by Gasteiger charge is 2.07. The van der Waals surface area contributed by atoms with E-state index in [1.807, 2.05) is 6.92 Å². The van der Waals surface area contributed by atoms with E-state index in [0.717, 1.165) is 0 Å². The van der Waals surface area contributed by atoms with E-state index in [1.165, 1.54) is 0 Å². The van der Waals surface area contributed by atoms with E-state index in [9.17, 15) is 4.79 Å². The number of nitrogens with two attached hydrogens (primary N) is 1. The lowest BCUT2D eigenvalue weighted by molar-refractivity contribution is 0.950. The average molecular weight is 182 g/mol. The number of aromatic nitrogens is 2. The lowest BCUT2D eigenvalue weighted by atomic mass is 10.2. The molecule has 0 radical (unpaired) electrons. The van der Waals surface area contributed by atoms with Gasteiger partial charge in [0.05, 0.1) is 5.56 Å². The molecule has 0 unspecified atom stereocenters. The summed E-state index contributed by atoms with van der Waals surface area (Å²) < 4.78 is 0. The standard InChI is InChI=1S/C8H14N4O/c1-4-5-6(9)10-8(12(2)3)11-7(5)13/h4H2,1-3H3,(H3,9,10,11,13). The molecule has 5 nitrogen and oxygen atoms in total. The topological polar surface area (TPSA) is 75.0 Å². The molecule has 0 saturated heterocycles. The first kappa shape index (κ1) is 9.57. The third-order valence-corrected chi connectivity index (χ3v) is 1.81. The molecule has 1 aromatic rings. The lowest BCUT2D eigenvalue weighted by Crippen LogP contribution is -2.22. The molecular weight excluding hydrogens is 168 g/mol.